The Labute approximate surface area is 187 Å². The molecule has 0 saturated carbocycles. The first-order valence-electron chi connectivity index (χ1n) is 10.3. The van der Waals surface area contributed by atoms with E-state index in [0.717, 1.165) is 50.1 Å². The lowest BCUT2D eigenvalue weighted by Gasteiger charge is -2.34. The van der Waals surface area contributed by atoms with Crippen LogP contribution in [-0.4, -0.2) is 34.8 Å². The minimum absolute atomic E-state index is 0. The van der Waals surface area contributed by atoms with Crippen molar-refractivity contribution in [2.75, 3.05) is 18.8 Å². The van der Waals surface area contributed by atoms with Gasteiger partial charge in [-0.1, -0.05) is 68.7 Å². The molecule has 1 aliphatic carbocycles. The molecular formula is C26H37NO2S. The fourth-order valence-electron chi connectivity index (χ4n) is 3.57. The summed E-state index contributed by atoms with van der Waals surface area (Å²) in [6.07, 6.45) is 21.5. The number of rotatable bonds is 10. The number of piperidine rings is 1. The molecule has 30 heavy (non-hydrogen) atoms. The van der Waals surface area contributed by atoms with E-state index in [4.69, 9.17) is 0 Å². The molecule has 3 nitrogen and oxygen atoms in total. The molecule has 1 fully saturated rings. The van der Waals surface area contributed by atoms with Crippen LogP contribution in [0.1, 0.15) is 46.5 Å². The average Bonchev–Trinajstić information content (AvgIpc) is 2.73. The lowest BCUT2D eigenvalue weighted by Crippen LogP contribution is -2.37. The van der Waals surface area contributed by atoms with E-state index >= 15 is 0 Å². The van der Waals surface area contributed by atoms with Gasteiger partial charge in [-0.3, -0.25) is 4.79 Å². The van der Waals surface area contributed by atoms with E-state index in [1.54, 1.807) is 11.8 Å². The molecule has 1 aliphatic heterocycles. The maximum absolute atomic E-state index is 11.4. The van der Waals surface area contributed by atoms with Crippen LogP contribution in [0.2, 0.25) is 0 Å². The van der Waals surface area contributed by atoms with E-state index in [1.165, 1.54) is 16.1 Å². The number of hydrogen-bond donors (Lipinski definition) is 1. The van der Waals surface area contributed by atoms with Crippen LogP contribution in [0, 0.1) is 5.92 Å². The highest BCUT2D eigenvalue weighted by atomic mass is 32.2. The largest absolute Gasteiger partial charge is 0.481 e. The summed E-state index contributed by atoms with van der Waals surface area (Å²) in [7, 11) is 0. The van der Waals surface area contributed by atoms with Gasteiger partial charge >= 0.3 is 5.97 Å². The van der Waals surface area contributed by atoms with Crippen LogP contribution in [0.25, 0.3) is 0 Å². The minimum Gasteiger partial charge on any atom is -0.481 e. The Morgan fingerprint density at radius 3 is 2.83 bits per heavy atom. The average molecular weight is 428 g/mol. The van der Waals surface area contributed by atoms with Crippen LogP contribution in [0.4, 0.5) is 0 Å². The number of carboxylic acids is 1. The first-order valence-corrected chi connectivity index (χ1v) is 11.3. The number of aliphatic carboxylic acids is 1. The summed E-state index contributed by atoms with van der Waals surface area (Å²) in [5, 5.41) is 9.38. The van der Waals surface area contributed by atoms with E-state index in [2.05, 4.69) is 48.4 Å². The summed E-state index contributed by atoms with van der Waals surface area (Å²) < 4.78 is 0. The standard InChI is InChI=1S/C25H33NO2S.CH4/c1-4-10-24(11-5-2)29-19-22(17-21-12-7-6-8-13-21)16-20(3)26-15-9-14-23(18-26)25(27)28;/h4-5,7,10-13,17,23H,1,3,6,8-9,14-16,18-19H2,2H3,(H,27,28);1H4/b11-5-,22-17-,24-10+;. The number of carbonyl (C=O) groups is 1. The van der Waals surface area contributed by atoms with Crippen LogP contribution in [-0.2, 0) is 4.79 Å². The predicted molar refractivity (Wildman–Crippen MR) is 133 cm³/mol. The van der Waals surface area contributed by atoms with E-state index in [-0.39, 0.29) is 13.3 Å². The van der Waals surface area contributed by atoms with Gasteiger partial charge in [-0.15, -0.1) is 11.8 Å². The molecule has 0 radical (unpaired) electrons. The number of nitrogens with zero attached hydrogens (tertiary/aromatic N) is 1. The van der Waals surface area contributed by atoms with Crippen molar-refractivity contribution in [3.8, 4) is 0 Å². The monoisotopic (exact) mass is 427 g/mol. The maximum atomic E-state index is 11.4. The van der Waals surface area contributed by atoms with Gasteiger partial charge in [0.1, 0.15) is 0 Å². The first-order chi connectivity index (χ1) is 14.0. The van der Waals surface area contributed by atoms with Gasteiger partial charge in [0.05, 0.1) is 5.92 Å². The Hall–Kier alpha value is -2.20. The molecule has 1 N–H and O–H groups in total. The normalized spacial score (nSPS) is 20.0. The van der Waals surface area contributed by atoms with E-state index < -0.39 is 5.97 Å². The number of carboxylic acid groups (broad SMARTS) is 1. The number of allylic oxidation sites excluding steroid dienone is 10. The molecule has 0 spiro atoms. The van der Waals surface area contributed by atoms with E-state index in [0.29, 0.717) is 6.54 Å². The van der Waals surface area contributed by atoms with Crippen molar-refractivity contribution in [2.45, 2.75) is 46.5 Å². The third kappa shape index (κ3) is 8.66. The highest BCUT2D eigenvalue weighted by Gasteiger charge is 2.26. The van der Waals surface area contributed by atoms with Crippen LogP contribution < -0.4 is 0 Å². The Bertz CT molecular complexity index is 755. The quantitative estimate of drug-likeness (QED) is 0.385. The molecule has 1 unspecified atom stereocenters. The van der Waals surface area contributed by atoms with Crippen molar-refractivity contribution in [3.05, 3.63) is 83.5 Å². The summed E-state index contributed by atoms with van der Waals surface area (Å²) in [6.45, 7) is 11.6. The summed E-state index contributed by atoms with van der Waals surface area (Å²) in [6, 6.07) is 0. The third-order valence-corrected chi connectivity index (χ3v) is 6.20. The Balaban J connectivity index is 0.00000450. The SMILES string of the molecule is C.C=C/C=C(\C=C/C)SC/C(=C\C1=CCCC=C1)CC(=C)N1CCCC(C(=O)O)C1. The molecule has 2 rings (SSSR count). The van der Waals surface area contributed by atoms with Crippen molar-refractivity contribution < 1.29 is 9.90 Å². The van der Waals surface area contributed by atoms with Crippen LogP contribution in [0.5, 0.6) is 0 Å². The highest BCUT2D eigenvalue weighted by Crippen LogP contribution is 2.28. The zero-order valence-corrected chi connectivity index (χ0v) is 18.3. The fourth-order valence-corrected chi connectivity index (χ4v) is 4.53. The minimum atomic E-state index is -0.697. The van der Waals surface area contributed by atoms with E-state index in [1.807, 2.05) is 25.2 Å². The van der Waals surface area contributed by atoms with Crippen molar-refractivity contribution in [1.29, 1.82) is 0 Å². The molecule has 0 aromatic rings. The second kappa shape index (κ2) is 13.9. The molecule has 1 saturated heterocycles. The molecule has 1 atom stereocenters. The molecule has 0 amide bonds. The summed E-state index contributed by atoms with van der Waals surface area (Å²) in [5.74, 6) is -0.121. The number of likely N-dealkylation sites (tertiary alicyclic amines) is 1. The number of thioether (sulfide) groups is 1. The second-order valence-corrected chi connectivity index (χ2v) is 8.50. The lowest BCUT2D eigenvalue weighted by molar-refractivity contribution is -0.143. The van der Waals surface area contributed by atoms with Gasteiger partial charge < -0.3 is 10.0 Å². The van der Waals surface area contributed by atoms with E-state index in [9.17, 15) is 9.90 Å². The van der Waals surface area contributed by atoms with Crippen molar-refractivity contribution in [1.82, 2.24) is 4.90 Å². The summed E-state index contributed by atoms with van der Waals surface area (Å²) >= 11 is 1.79. The lowest BCUT2D eigenvalue weighted by atomic mass is 9.96. The summed E-state index contributed by atoms with van der Waals surface area (Å²) in [5.41, 5.74) is 3.57. The molecule has 4 heteroatoms. The third-order valence-electron chi connectivity index (χ3n) is 5.08. The molecule has 0 aromatic heterocycles. The van der Waals surface area contributed by atoms with Gasteiger partial charge in [-0.05, 0) is 44.3 Å². The van der Waals surface area contributed by atoms with Crippen LogP contribution in [0.15, 0.2) is 83.5 Å². The van der Waals surface area contributed by atoms with Gasteiger partial charge in [-0.2, -0.15) is 0 Å². The molecule has 1 heterocycles. The number of hydrogen-bond acceptors (Lipinski definition) is 3. The zero-order valence-electron chi connectivity index (χ0n) is 17.5. The summed E-state index contributed by atoms with van der Waals surface area (Å²) in [4.78, 5) is 14.7. The maximum Gasteiger partial charge on any atom is 0.308 e. The van der Waals surface area contributed by atoms with Crippen molar-refractivity contribution in [2.24, 2.45) is 5.92 Å². The fraction of sp³-hybridized carbons (Fsp3) is 0.423. The van der Waals surface area contributed by atoms with Crippen LogP contribution in [0.3, 0.4) is 0 Å². The molecule has 164 valence electrons. The van der Waals surface area contributed by atoms with Crippen molar-refractivity contribution >= 4 is 17.7 Å². The van der Waals surface area contributed by atoms with Gasteiger partial charge in [0.15, 0.2) is 0 Å². The van der Waals surface area contributed by atoms with Gasteiger partial charge in [0, 0.05) is 35.9 Å². The van der Waals surface area contributed by atoms with Gasteiger partial charge in [-0.25, -0.2) is 0 Å². The smallest absolute Gasteiger partial charge is 0.308 e. The zero-order chi connectivity index (χ0) is 21.1. The van der Waals surface area contributed by atoms with Gasteiger partial charge in [0.2, 0.25) is 0 Å². The Morgan fingerprint density at radius 1 is 1.40 bits per heavy atom. The van der Waals surface area contributed by atoms with Crippen LogP contribution >= 0.6 is 11.8 Å². The highest BCUT2D eigenvalue weighted by molar-refractivity contribution is 8.03. The predicted octanol–water partition coefficient (Wildman–Crippen LogP) is 6.90. The molecule has 0 aromatic carbocycles. The Morgan fingerprint density at radius 2 is 2.20 bits per heavy atom. The first kappa shape index (κ1) is 25.8. The van der Waals surface area contributed by atoms with Crippen molar-refractivity contribution in [3.63, 3.8) is 0 Å². The topological polar surface area (TPSA) is 40.5 Å². The second-order valence-electron chi connectivity index (χ2n) is 7.45. The molecular weight excluding hydrogens is 390 g/mol. The Kier molecular flexibility index (Phi) is 12.0. The molecule has 0 bridgehead atoms. The molecule has 2 aliphatic rings. The van der Waals surface area contributed by atoms with Gasteiger partial charge in [0.25, 0.3) is 0 Å².